The van der Waals surface area contributed by atoms with Crippen LogP contribution in [0.15, 0.2) is 96.1 Å². The highest BCUT2D eigenvalue weighted by Crippen LogP contribution is 2.43. The predicted molar refractivity (Wildman–Crippen MR) is 219 cm³/mol. The number of hydrogen-bond acceptors (Lipinski definition) is 8. The van der Waals surface area contributed by atoms with Crippen LogP contribution in [0, 0.1) is 22.7 Å². The highest BCUT2D eigenvalue weighted by molar-refractivity contribution is 7.24. The second-order valence-corrected chi connectivity index (χ2v) is 16.8. The number of aliphatic carboxylic acids is 2. The van der Waals surface area contributed by atoms with E-state index in [0.29, 0.717) is 0 Å². The molecule has 0 atom stereocenters. The van der Waals surface area contributed by atoms with E-state index < -0.39 is 11.9 Å². The van der Waals surface area contributed by atoms with Gasteiger partial charge < -0.3 is 14.8 Å². The lowest BCUT2D eigenvalue weighted by atomic mass is 10.1. The van der Waals surface area contributed by atoms with Gasteiger partial charge in [0, 0.05) is 67.4 Å². The Morgan fingerprint density at radius 2 is 1.04 bits per heavy atom. The van der Waals surface area contributed by atoms with E-state index in [0.717, 1.165) is 63.1 Å². The van der Waals surface area contributed by atoms with E-state index in [1.54, 1.807) is 34.8 Å². The van der Waals surface area contributed by atoms with Crippen molar-refractivity contribution >= 4 is 91.2 Å². The van der Waals surface area contributed by atoms with E-state index in [1.165, 1.54) is 75.9 Å². The number of nitrogens with zero attached hydrogens (tertiary/aromatic N) is 3. The maximum Gasteiger partial charge on any atom is 0.346 e. The van der Waals surface area contributed by atoms with E-state index in [9.17, 15) is 19.8 Å². The first-order valence-electron chi connectivity index (χ1n) is 16.9. The second kappa shape index (κ2) is 15.6. The maximum absolute atomic E-state index is 11.3. The molecule has 262 valence electrons. The molecule has 5 aromatic heterocycles. The van der Waals surface area contributed by atoms with Crippen LogP contribution >= 0.6 is 45.3 Å². The third kappa shape index (κ3) is 7.52. The van der Waals surface area contributed by atoms with Crippen LogP contribution in [0.4, 0.5) is 0 Å². The fourth-order valence-corrected chi connectivity index (χ4v) is 10.4. The van der Waals surface area contributed by atoms with Gasteiger partial charge in [-0.05, 0) is 102 Å². The van der Waals surface area contributed by atoms with Crippen LogP contribution in [-0.2, 0) is 16.1 Å². The Hall–Kier alpha value is -5.56. The number of carboxylic acid groups (broad SMARTS) is 2. The molecule has 53 heavy (non-hydrogen) atoms. The van der Waals surface area contributed by atoms with Crippen molar-refractivity contribution in [2.24, 2.45) is 0 Å². The summed E-state index contributed by atoms with van der Waals surface area (Å²) in [7, 11) is 0. The first-order valence-corrected chi connectivity index (χ1v) is 20.2. The Bertz CT molecular complexity index is 2490. The Balaban J connectivity index is 1.23. The molecule has 0 aliphatic heterocycles. The number of thiophene rings is 4. The fourth-order valence-electron chi connectivity index (χ4n) is 6.29. The van der Waals surface area contributed by atoms with Crippen molar-refractivity contribution in [3.8, 4) is 52.5 Å². The summed E-state index contributed by atoms with van der Waals surface area (Å²) in [6, 6.07) is 33.0. The highest BCUT2D eigenvalue weighted by Gasteiger charge is 2.16. The van der Waals surface area contributed by atoms with Gasteiger partial charge in [-0.25, -0.2) is 9.59 Å². The molecule has 7 nitrogen and oxygen atoms in total. The van der Waals surface area contributed by atoms with Gasteiger partial charge >= 0.3 is 11.9 Å². The number of rotatable bonds is 13. The summed E-state index contributed by atoms with van der Waals surface area (Å²) in [5.41, 5.74) is 4.10. The normalized spacial score (nSPS) is 12.0. The van der Waals surface area contributed by atoms with Gasteiger partial charge in [0.15, 0.2) is 0 Å². The van der Waals surface area contributed by atoms with Crippen LogP contribution in [0.5, 0.6) is 0 Å². The minimum atomic E-state index is -1.23. The monoisotopic (exact) mass is 769 g/mol. The predicted octanol–water partition coefficient (Wildman–Crippen LogP) is 12.3. The smallest absolute Gasteiger partial charge is 0.346 e. The van der Waals surface area contributed by atoms with E-state index in [2.05, 4.69) is 72.2 Å². The zero-order valence-corrected chi connectivity index (χ0v) is 31.7. The molecule has 0 aliphatic rings. The molecular weight excluding hydrogens is 739 g/mol. The van der Waals surface area contributed by atoms with E-state index in [4.69, 9.17) is 10.5 Å². The summed E-state index contributed by atoms with van der Waals surface area (Å²) in [5, 5.41) is 39.2. The van der Waals surface area contributed by atoms with Crippen LogP contribution in [0.2, 0.25) is 0 Å². The summed E-state index contributed by atoms with van der Waals surface area (Å²) < 4.78 is 2.45. The molecule has 0 saturated carbocycles. The van der Waals surface area contributed by atoms with Crippen LogP contribution in [0.1, 0.15) is 42.4 Å². The van der Waals surface area contributed by atoms with Gasteiger partial charge in [-0.15, -0.1) is 45.3 Å². The average molecular weight is 770 g/mol. The number of aryl methyl sites for hydroxylation is 1. The second-order valence-electron chi connectivity index (χ2n) is 12.4. The lowest BCUT2D eigenvalue weighted by Crippen LogP contribution is -1.97. The maximum atomic E-state index is 11.3. The SMILES string of the molecule is CCCCCCn1c2ccc(-c3ccc(-c4ccc(/C=C(/C#N)C(=O)O)s4)s3)cc2c2cc(-c3ccc(-c4ccc(/C=C(/C#N)C(=O)O)s4)s3)ccc21. The largest absolute Gasteiger partial charge is 0.477 e. The Morgan fingerprint density at radius 1 is 0.604 bits per heavy atom. The molecule has 7 aromatic rings. The van der Waals surface area contributed by atoms with E-state index >= 15 is 0 Å². The Morgan fingerprint density at radius 3 is 1.47 bits per heavy atom. The summed E-state index contributed by atoms with van der Waals surface area (Å²) in [5.74, 6) is -2.47. The van der Waals surface area contributed by atoms with Crippen LogP contribution < -0.4 is 0 Å². The average Bonchev–Trinajstić information content (AvgIpc) is 4.01. The molecule has 0 spiro atoms. The standard InChI is InChI=1S/C42H31N3O4S4/c1-2-3-4-5-18-45-33-10-6-25(35-14-16-39(52-35)37-12-8-29(50-37)19-27(23-43)41(46)47)21-31(33)32-22-26(7-11-34(32)45)36-15-17-40(53-36)38-13-9-30(51-38)20-28(24-44)42(48)49/h6-17,19-22H,2-5,18H2,1H3,(H,46,47)(H,48,49)/b27-19-,28-20-. The molecule has 0 bridgehead atoms. The van der Waals surface area contributed by atoms with Crippen LogP contribution in [-0.4, -0.2) is 26.7 Å². The molecular formula is C42H31N3O4S4. The zero-order valence-electron chi connectivity index (χ0n) is 28.5. The molecule has 0 fully saturated rings. The van der Waals surface area contributed by atoms with Crippen LogP contribution in [0.3, 0.4) is 0 Å². The number of fused-ring (bicyclic) bond motifs is 3. The Kier molecular flexibility index (Phi) is 10.5. The highest BCUT2D eigenvalue weighted by atomic mass is 32.1. The number of benzene rings is 2. The van der Waals surface area contributed by atoms with E-state index in [-0.39, 0.29) is 11.1 Å². The van der Waals surface area contributed by atoms with Crippen molar-refractivity contribution < 1.29 is 19.8 Å². The van der Waals surface area contributed by atoms with Gasteiger partial charge in [-0.1, -0.05) is 38.3 Å². The number of unbranched alkanes of at least 4 members (excludes halogenated alkanes) is 3. The van der Waals surface area contributed by atoms with Gasteiger partial charge in [0.2, 0.25) is 0 Å². The van der Waals surface area contributed by atoms with Gasteiger partial charge in [0.1, 0.15) is 23.3 Å². The number of carboxylic acids is 2. The molecule has 2 aromatic carbocycles. The molecule has 0 radical (unpaired) electrons. The van der Waals surface area contributed by atoms with Crippen molar-refractivity contribution in [2.75, 3.05) is 0 Å². The molecule has 0 unspecified atom stereocenters. The van der Waals surface area contributed by atoms with Gasteiger partial charge in [0.05, 0.1) is 0 Å². The van der Waals surface area contributed by atoms with Crippen LogP contribution in [0.25, 0.3) is 74.3 Å². The number of nitriles is 2. The lowest BCUT2D eigenvalue weighted by Gasteiger charge is -2.08. The van der Waals surface area contributed by atoms with Crippen molar-refractivity contribution in [3.05, 3.63) is 106 Å². The summed E-state index contributed by atoms with van der Waals surface area (Å²) in [4.78, 5) is 30.5. The molecule has 2 N–H and O–H groups in total. The first kappa shape index (κ1) is 35.8. The molecule has 0 aliphatic carbocycles. The topological polar surface area (TPSA) is 127 Å². The third-order valence-electron chi connectivity index (χ3n) is 8.90. The van der Waals surface area contributed by atoms with Gasteiger partial charge in [-0.3, -0.25) is 0 Å². The first-order chi connectivity index (χ1) is 25.8. The van der Waals surface area contributed by atoms with Crippen molar-refractivity contribution in [3.63, 3.8) is 0 Å². The molecule has 0 amide bonds. The number of hydrogen-bond donors (Lipinski definition) is 2. The minimum Gasteiger partial charge on any atom is -0.477 e. The minimum absolute atomic E-state index is 0.287. The molecule has 0 saturated heterocycles. The van der Waals surface area contributed by atoms with Gasteiger partial charge in [-0.2, -0.15) is 10.5 Å². The molecule has 5 heterocycles. The fraction of sp³-hybridized carbons (Fsp3) is 0.143. The van der Waals surface area contributed by atoms with Crippen molar-refractivity contribution in [1.82, 2.24) is 4.57 Å². The van der Waals surface area contributed by atoms with Crippen molar-refractivity contribution in [1.29, 1.82) is 10.5 Å². The van der Waals surface area contributed by atoms with E-state index in [1.807, 2.05) is 24.3 Å². The number of carbonyl (C=O) groups is 2. The summed E-state index contributed by atoms with van der Waals surface area (Å²) in [6.45, 7) is 3.17. The van der Waals surface area contributed by atoms with Gasteiger partial charge in [0.25, 0.3) is 0 Å². The Labute approximate surface area is 321 Å². The molecule has 11 heteroatoms. The quantitative estimate of drug-likeness (QED) is 0.0683. The summed E-state index contributed by atoms with van der Waals surface area (Å²) >= 11 is 6.30. The van der Waals surface area contributed by atoms with Crippen molar-refractivity contribution in [2.45, 2.75) is 39.2 Å². The zero-order chi connectivity index (χ0) is 37.1. The third-order valence-corrected chi connectivity index (χ3v) is 13.6. The molecule has 7 rings (SSSR count). The lowest BCUT2D eigenvalue weighted by molar-refractivity contribution is -0.133. The summed E-state index contributed by atoms with van der Waals surface area (Å²) in [6.07, 6.45) is 7.52. The number of aromatic nitrogens is 1.